The summed E-state index contributed by atoms with van der Waals surface area (Å²) in [6, 6.07) is 4.13. The summed E-state index contributed by atoms with van der Waals surface area (Å²) >= 11 is 1.30. The third-order valence-electron chi connectivity index (χ3n) is 3.83. The van der Waals surface area contributed by atoms with E-state index in [-0.39, 0.29) is 11.3 Å². The number of nitro benzene ring substituents is 1. The van der Waals surface area contributed by atoms with Gasteiger partial charge in [0.2, 0.25) is 0 Å². The van der Waals surface area contributed by atoms with Gasteiger partial charge in [-0.2, -0.15) is 0 Å². The van der Waals surface area contributed by atoms with Gasteiger partial charge in [-0.1, -0.05) is 6.92 Å². The number of rotatable bonds is 5. The van der Waals surface area contributed by atoms with Crippen LogP contribution in [0.3, 0.4) is 0 Å². The molecule has 0 bridgehead atoms. The third-order valence-corrected chi connectivity index (χ3v) is 4.90. The van der Waals surface area contributed by atoms with Crippen LogP contribution in [0, 0.1) is 24.0 Å². The Morgan fingerprint density at radius 1 is 1.32 bits per heavy atom. The molecule has 7 nitrogen and oxygen atoms in total. The van der Waals surface area contributed by atoms with Gasteiger partial charge in [-0.05, 0) is 38.0 Å². The molecule has 0 aliphatic heterocycles. The lowest BCUT2D eigenvalue weighted by molar-refractivity contribution is -0.385. The summed E-state index contributed by atoms with van der Waals surface area (Å²) < 4.78 is 4.82. The topological polar surface area (TPSA) is 98.5 Å². The predicted octanol–water partition coefficient (Wildman–Crippen LogP) is 3.87. The largest absolute Gasteiger partial charge is 0.465 e. The molecule has 0 unspecified atom stereocenters. The maximum Gasteiger partial charge on any atom is 0.341 e. The molecular weight excluding hydrogens is 344 g/mol. The average molecular weight is 362 g/mol. The Labute approximate surface area is 148 Å². The number of nitrogens with one attached hydrogen (secondary N) is 1. The average Bonchev–Trinajstić information content (AvgIpc) is 2.88. The fraction of sp³-hybridized carbons (Fsp3) is 0.294. The Morgan fingerprint density at radius 3 is 2.52 bits per heavy atom. The van der Waals surface area contributed by atoms with Crippen LogP contribution in [0.1, 0.15) is 43.6 Å². The molecule has 0 radical (unpaired) electrons. The maximum atomic E-state index is 12.5. The fourth-order valence-electron chi connectivity index (χ4n) is 2.59. The number of esters is 1. The van der Waals surface area contributed by atoms with Gasteiger partial charge < -0.3 is 10.1 Å². The number of anilines is 1. The smallest absolute Gasteiger partial charge is 0.341 e. The zero-order chi connectivity index (χ0) is 18.7. The van der Waals surface area contributed by atoms with E-state index in [1.807, 2.05) is 13.8 Å². The Hall–Kier alpha value is -2.74. The number of thiophene rings is 1. The van der Waals surface area contributed by atoms with Crippen LogP contribution >= 0.6 is 11.3 Å². The molecule has 1 N–H and O–H groups in total. The van der Waals surface area contributed by atoms with Crippen molar-refractivity contribution in [2.24, 2.45) is 0 Å². The van der Waals surface area contributed by atoms with Crippen molar-refractivity contribution in [3.8, 4) is 0 Å². The van der Waals surface area contributed by atoms with Gasteiger partial charge in [0.05, 0.1) is 17.6 Å². The van der Waals surface area contributed by atoms with E-state index >= 15 is 0 Å². The van der Waals surface area contributed by atoms with E-state index < -0.39 is 16.8 Å². The van der Waals surface area contributed by atoms with Crippen molar-refractivity contribution in [3.63, 3.8) is 0 Å². The van der Waals surface area contributed by atoms with Gasteiger partial charge in [-0.3, -0.25) is 14.9 Å². The summed E-state index contributed by atoms with van der Waals surface area (Å²) in [6.07, 6.45) is 0.638. The quantitative estimate of drug-likeness (QED) is 0.494. The minimum absolute atomic E-state index is 0.0490. The number of benzene rings is 1. The molecule has 1 aromatic carbocycles. The number of hydrogen-bond donors (Lipinski definition) is 1. The first-order valence-electron chi connectivity index (χ1n) is 7.57. The summed E-state index contributed by atoms with van der Waals surface area (Å²) in [5, 5.41) is 14.0. The lowest BCUT2D eigenvalue weighted by atomic mass is 10.1. The van der Waals surface area contributed by atoms with Crippen LogP contribution < -0.4 is 5.32 Å². The standard InChI is InChI=1S/C17H18N2O5S/c1-5-12-10(3)25-16(14(12)17(21)24-4)18-15(20)11-6-7-13(19(22)23)9(2)8-11/h6-8H,5H2,1-4H3,(H,18,20). The van der Waals surface area contributed by atoms with Gasteiger partial charge in [-0.15, -0.1) is 11.3 Å². The van der Waals surface area contributed by atoms with Crippen molar-refractivity contribution in [1.29, 1.82) is 0 Å². The van der Waals surface area contributed by atoms with Gasteiger partial charge in [0.25, 0.3) is 11.6 Å². The van der Waals surface area contributed by atoms with Crippen LogP contribution in [0.5, 0.6) is 0 Å². The van der Waals surface area contributed by atoms with E-state index in [4.69, 9.17) is 4.74 Å². The molecule has 1 heterocycles. The number of nitrogens with zero attached hydrogens (tertiary/aromatic N) is 1. The Balaban J connectivity index is 2.37. The molecule has 1 amide bonds. The summed E-state index contributed by atoms with van der Waals surface area (Å²) in [6.45, 7) is 5.37. The lowest BCUT2D eigenvalue weighted by Crippen LogP contribution is -2.15. The minimum atomic E-state index is -0.503. The van der Waals surface area contributed by atoms with Gasteiger partial charge in [0.1, 0.15) is 5.00 Å². The van der Waals surface area contributed by atoms with Crippen LogP contribution in [0.15, 0.2) is 18.2 Å². The molecule has 25 heavy (non-hydrogen) atoms. The fourth-order valence-corrected chi connectivity index (χ4v) is 3.72. The summed E-state index contributed by atoms with van der Waals surface area (Å²) in [4.78, 5) is 35.9. The highest BCUT2D eigenvalue weighted by atomic mass is 32.1. The molecule has 0 spiro atoms. The van der Waals surface area contributed by atoms with Crippen molar-refractivity contribution < 1.29 is 19.2 Å². The van der Waals surface area contributed by atoms with Gasteiger partial charge in [0.15, 0.2) is 0 Å². The molecule has 0 saturated carbocycles. The molecule has 0 atom stereocenters. The minimum Gasteiger partial charge on any atom is -0.465 e. The summed E-state index contributed by atoms with van der Waals surface area (Å²) in [7, 11) is 1.29. The van der Waals surface area contributed by atoms with Crippen molar-refractivity contribution in [1.82, 2.24) is 0 Å². The molecule has 0 fully saturated rings. The van der Waals surface area contributed by atoms with Crippen LogP contribution in [0.2, 0.25) is 0 Å². The molecule has 0 aliphatic rings. The van der Waals surface area contributed by atoms with E-state index in [1.54, 1.807) is 6.92 Å². The second kappa shape index (κ2) is 7.43. The van der Waals surface area contributed by atoms with Crippen LogP contribution in [-0.2, 0) is 11.2 Å². The van der Waals surface area contributed by atoms with E-state index in [1.165, 1.54) is 36.6 Å². The first-order valence-corrected chi connectivity index (χ1v) is 8.38. The normalized spacial score (nSPS) is 10.4. The molecule has 8 heteroatoms. The molecule has 0 aliphatic carbocycles. The van der Waals surface area contributed by atoms with Crippen LogP contribution in [0.25, 0.3) is 0 Å². The second-order valence-corrected chi connectivity index (χ2v) is 6.62. The highest BCUT2D eigenvalue weighted by molar-refractivity contribution is 7.16. The first-order chi connectivity index (χ1) is 11.8. The zero-order valence-electron chi connectivity index (χ0n) is 14.3. The van der Waals surface area contributed by atoms with Crippen LogP contribution in [-0.4, -0.2) is 23.9 Å². The highest BCUT2D eigenvalue weighted by Crippen LogP contribution is 2.34. The molecule has 2 rings (SSSR count). The zero-order valence-corrected chi connectivity index (χ0v) is 15.2. The van der Waals surface area contributed by atoms with Crippen LogP contribution in [0.4, 0.5) is 10.7 Å². The Kier molecular flexibility index (Phi) is 5.53. The molecule has 2 aromatic rings. The molecule has 1 aromatic heterocycles. The van der Waals surface area contributed by atoms with Crippen molar-refractivity contribution in [3.05, 3.63) is 55.4 Å². The molecular formula is C17H18N2O5S. The molecule has 132 valence electrons. The van der Waals surface area contributed by atoms with Crippen molar-refractivity contribution >= 4 is 33.9 Å². The predicted molar refractivity (Wildman–Crippen MR) is 95.6 cm³/mol. The van der Waals surface area contributed by atoms with Crippen molar-refractivity contribution in [2.75, 3.05) is 12.4 Å². The van der Waals surface area contributed by atoms with Gasteiger partial charge in [0, 0.05) is 22.1 Å². The van der Waals surface area contributed by atoms with E-state index in [2.05, 4.69) is 5.32 Å². The number of aryl methyl sites for hydroxylation is 2. The number of nitro groups is 1. The lowest BCUT2D eigenvalue weighted by Gasteiger charge is -2.07. The number of methoxy groups -OCH3 is 1. The first kappa shape index (κ1) is 18.6. The Morgan fingerprint density at radius 2 is 2.00 bits per heavy atom. The number of ether oxygens (including phenoxy) is 1. The maximum absolute atomic E-state index is 12.5. The van der Waals surface area contributed by atoms with E-state index in [0.717, 1.165) is 10.4 Å². The monoisotopic (exact) mass is 362 g/mol. The number of carbonyl (C=O) groups excluding carboxylic acids is 2. The summed E-state index contributed by atoms with van der Waals surface area (Å²) in [5.74, 6) is -0.941. The highest BCUT2D eigenvalue weighted by Gasteiger charge is 2.23. The number of hydrogen-bond acceptors (Lipinski definition) is 6. The third kappa shape index (κ3) is 3.69. The second-order valence-electron chi connectivity index (χ2n) is 5.40. The SMILES string of the molecule is CCc1c(C)sc(NC(=O)c2ccc([N+](=O)[O-])c(C)c2)c1C(=O)OC. The van der Waals surface area contributed by atoms with Gasteiger partial charge in [-0.25, -0.2) is 4.79 Å². The van der Waals surface area contributed by atoms with E-state index in [9.17, 15) is 19.7 Å². The van der Waals surface area contributed by atoms with E-state index in [0.29, 0.717) is 22.5 Å². The number of carbonyl (C=O) groups is 2. The Bertz CT molecular complexity index is 857. The van der Waals surface area contributed by atoms with Crippen molar-refractivity contribution in [2.45, 2.75) is 27.2 Å². The summed E-state index contributed by atoms with van der Waals surface area (Å²) in [5.41, 5.74) is 1.82. The number of amides is 1. The van der Waals surface area contributed by atoms with Gasteiger partial charge >= 0.3 is 5.97 Å². The molecule has 0 saturated heterocycles.